The average Bonchev–Trinajstić information content (AvgIpc) is 3.48. The Kier molecular flexibility index (Phi) is 6.47. The fourth-order valence-electron chi connectivity index (χ4n) is 4.50. The Morgan fingerprint density at radius 3 is 2.71 bits per heavy atom. The minimum atomic E-state index is -0.474. The second-order valence-electron chi connectivity index (χ2n) is 8.70. The van der Waals surface area contributed by atoms with Crippen LogP contribution in [0.3, 0.4) is 0 Å². The first-order chi connectivity index (χ1) is 17.0. The molecule has 6 nitrogen and oxygen atoms in total. The normalized spacial score (nSPS) is 15.3. The number of carbonyl (C=O) groups excluding carboxylic acids is 2. The molecule has 0 saturated carbocycles. The number of thioether (sulfide) groups is 1. The number of benzene rings is 2. The summed E-state index contributed by atoms with van der Waals surface area (Å²) in [5, 5.41) is 3.83. The maximum absolute atomic E-state index is 13.3. The summed E-state index contributed by atoms with van der Waals surface area (Å²) < 4.78 is 1.93. The fraction of sp³-hybridized carbons (Fsp3) is 0.250. The number of rotatable bonds is 6. The van der Waals surface area contributed by atoms with Crippen molar-refractivity contribution in [2.24, 2.45) is 7.05 Å². The molecule has 1 atom stereocenters. The summed E-state index contributed by atoms with van der Waals surface area (Å²) in [6, 6.07) is 25.4. The number of nitrogens with zero attached hydrogens (tertiary/aromatic N) is 3. The molecule has 0 aliphatic carbocycles. The van der Waals surface area contributed by atoms with Crippen LogP contribution in [-0.2, 0) is 16.6 Å². The fourth-order valence-corrected chi connectivity index (χ4v) is 5.37. The van der Waals surface area contributed by atoms with Crippen LogP contribution in [0.1, 0.15) is 18.4 Å². The van der Waals surface area contributed by atoms with Gasteiger partial charge in [0.25, 0.3) is 0 Å². The number of fused-ring (bicyclic) bond motifs is 1. The summed E-state index contributed by atoms with van der Waals surface area (Å²) in [6.07, 6.45) is 1.47. The molecule has 4 aromatic rings. The molecular weight excluding hydrogens is 456 g/mol. The minimum Gasteiger partial charge on any atom is -0.330 e. The van der Waals surface area contributed by atoms with Crippen molar-refractivity contribution in [3.63, 3.8) is 0 Å². The number of para-hydroxylation sites is 1. The van der Waals surface area contributed by atoms with Crippen molar-refractivity contribution >= 4 is 40.3 Å². The molecule has 176 valence electrons. The summed E-state index contributed by atoms with van der Waals surface area (Å²) in [6.45, 7) is 2.54. The van der Waals surface area contributed by atoms with Gasteiger partial charge in [0.1, 0.15) is 11.6 Å². The Morgan fingerprint density at radius 1 is 1.11 bits per heavy atom. The Hall–Kier alpha value is -3.76. The monoisotopic (exact) mass is 482 g/mol. The van der Waals surface area contributed by atoms with Gasteiger partial charge in [-0.2, -0.15) is 0 Å². The molecule has 1 aliphatic rings. The number of imidazole rings is 1. The molecule has 1 saturated heterocycles. The number of aryl methyl sites for hydroxylation is 2. The third-order valence-electron chi connectivity index (χ3n) is 6.28. The van der Waals surface area contributed by atoms with E-state index in [9.17, 15) is 9.59 Å². The predicted octanol–water partition coefficient (Wildman–Crippen LogP) is 4.87. The van der Waals surface area contributed by atoms with Crippen LogP contribution in [0.2, 0.25) is 0 Å². The summed E-state index contributed by atoms with van der Waals surface area (Å²) >= 11 is 1.39. The number of aromatic nitrogens is 2. The van der Waals surface area contributed by atoms with Crippen LogP contribution in [0.15, 0.2) is 65.8 Å². The molecule has 2 heterocycles. The van der Waals surface area contributed by atoms with E-state index in [1.807, 2.05) is 79.2 Å². The van der Waals surface area contributed by atoms with E-state index in [0.717, 1.165) is 45.0 Å². The number of carbonyl (C=O) groups is 2. The summed E-state index contributed by atoms with van der Waals surface area (Å²) in [4.78, 5) is 32.7. The van der Waals surface area contributed by atoms with Gasteiger partial charge in [-0.15, -0.1) is 0 Å². The number of likely N-dealkylation sites (tertiary alicyclic amines) is 1. The highest BCUT2D eigenvalue weighted by Gasteiger charge is 2.34. The third kappa shape index (κ3) is 4.75. The van der Waals surface area contributed by atoms with Gasteiger partial charge in [0.15, 0.2) is 5.16 Å². The quantitative estimate of drug-likeness (QED) is 0.398. The number of anilines is 1. The second-order valence-corrected chi connectivity index (χ2v) is 9.64. The molecular formula is C28H26N4O2S. The maximum Gasteiger partial charge on any atom is 0.247 e. The topological polar surface area (TPSA) is 67.2 Å². The smallest absolute Gasteiger partial charge is 0.247 e. The van der Waals surface area contributed by atoms with Crippen molar-refractivity contribution < 1.29 is 9.59 Å². The zero-order valence-electron chi connectivity index (χ0n) is 19.7. The Bertz CT molecular complexity index is 1380. The molecule has 3 aromatic carbocycles. The molecule has 0 radical (unpaired) electrons. The molecule has 1 aromatic heterocycles. The Balaban J connectivity index is 1.27. The van der Waals surface area contributed by atoms with Gasteiger partial charge in [0.05, 0.1) is 11.3 Å². The molecule has 2 amide bonds. The van der Waals surface area contributed by atoms with E-state index in [-0.39, 0.29) is 17.6 Å². The molecule has 5 rings (SSSR count). The highest BCUT2D eigenvalue weighted by atomic mass is 32.2. The van der Waals surface area contributed by atoms with Gasteiger partial charge in [-0.05, 0) is 43.5 Å². The number of amides is 2. The maximum atomic E-state index is 13.3. The van der Waals surface area contributed by atoms with Gasteiger partial charge < -0.3 is 14.8 Å². The molecule has 1 fully saturated rings. The molecule has 0 bridgehead atoms. The van der Waals surface area contributed by atoms with Crippen molar-refractivity contribution in [1.82, 2.24) is 14.5 Å². The lowest BCUT2D eigenvalue weighted by Gasteiger charge is -2.24. The van der Waals surface area contributed by atoms with E-state index in [1.54, 1.807) is 4.90 Å². The number of nitrogens with one attached hydrogen (secondary N) is 1. The summed E-state index contributed by atoms with van der Waals surface area (Å²) in [5.41, 5.74) is 5.42. The van der Waals surface area contributed by atoms with E-state index in [4.69, 9.17) is 0 Å². The summed E-state index contributed by atoms with van der Waals surface area (Å²) in [5.74, 6) is 0.0277. The van der Waals surface area contributed by atoms with E-state index < -0.39 is 6.04 Å². The number of hydrogen-bond donors (Lipinski definition) is 1. The molecule has 35 heavy (non-hydrogen) atoms. The molecule has 7 heteroatoms. The Morgan fingerprint density at radius 2 is 1.89 bits per heavy atom. The largest absolute Gasteiger partial charge is 0.330 e. The third-order valence-corrected chi connectivity index (χ3v) is 7.30. The average molecular weight is 483 g/mol. The minimum absolute atomic E-state index is 0.0530. The molecule has 0 spiro atoms. The van der Waals surface area contributed by atoms with Crippen molar-refractivity contribution in [1.29, 1.82) is 0 Å². The van der Waals surface area contributed by atoms with E-state index in [1.165, 1.54) is 11.8 Å². The van der Waals surface area contributed by atoms with Crippen LogP contribution in [0.5, 0.6) is 0 Å². The number of hydrogen-bond acceptors (Lipinski definition) is 4. The summed E-state index contributed by atoms with van der Waals surface area (Å²) in [7, 11) is 1.91. The van der Waals surface area contributed by atoms with E-state index in [2.05, 4.69) is 22.4 Å². The molecule has 0 unspecified atom stereocenters. The van der Waals surface area contributed by atoms with Crippen LogP contribution in [-0.4, -0.2) is 44.6 Å². The molecule has 1 N–H and O–H groups in total. The first-order valence-electron chi connectivity index (χ1n) is 11.7. The van der Waals surface area contributed by atoms with E-state index in [0.29, 0.717) is 13.0 Å². The van der Waals surface area contributed by atoms with Crippen LogP contribution >= 0.6 is 11.8 Å². The van der Waals surface area contributed by atoms with Crippen LogP contribution < -0.4 is 5.32 Å². The molecule has 1 aliphatic heterocycles. The predicted molar refractivity (Wildman–Crippen MR) is 139 cm³/mol. The first-order valence-corrected chi connectivity index (χ1v) is 12.6. The van der Waals surface area contributed by atoms with Crippen molar-refractivity contribution in [3.8, 4) is 11.1 Å². The first kappa shape index (κ1) is 23.0. The van der Waals surface area contributed by atoms with Crippen LogP contribution in [0.4, 0.5) is 5.69 Å². The lowest BCUT2D eigenvalue weighted by atomic mass is 10.0. The van der Waals surface area contributed by atoms with Gasteiger partial charge in [-0.1, -0.05) is 66.4 Å². The van der Waals surface area contributed by atoms with Gasteiger partial charge in [0, 0.05) is 30.4 Å². The van der Waals surface area contributed by atoms with Crippen molar-refractivity contribution in [3.05, 3.63) is 78.4 Å². The van der Waals surface area contributed by atoms with E-state index >= 15 is 0 Å². The standard InChI is InChI=1S/C28H26N4O2S/c1-19-14-15-24-23(17-19)30-28(31(24)2)35-18-26(33)32-16-8-13-25(32)27(34)29-22-12-7-6-11-21(22)20-9-4-3-5-10-20/h3-7,9-12,17,25H,8,13,16,18H2,1-2H3,(H,29,34)/t25-/m0/s1. The van der Waals surface area contributed by atoms with Crippen LogP contribution in [0.25, 0.3) is 22.2 Å². The SMILES string of the molecule is Cc1c#cc2c(c1)nc(SCC(=O)N1CCC[C@H]1C(=O)Nc1ccccc1-c1ccccc1)n2C. The zero-order valence-corrected chi connectivity index (χ0v) is 20.6. The highest BCUT2D eigenvalue weighted by molar-refractivity contribution is 7.99. The van der Waals surface area contributed by atoms with Gasteiger partial charge >= 0.3 is 0 Å². The van der Waals surface area contributed by atoms with Crippen LogP contribution in [0, 0.1) is 19.1 Å². The van der Waals surface area contributed by atoms with Gasteiger partial charge in [-0.25, -0.2) is 4.98 Å². The second kappa shape index (κ2) is 9.85. The Labute approximate surface area is 209 Å². The zero-order chi connectivity index (χ0) is 24.4. The lowest BCUT2D eigenvalue weighted by Crippen LogP contribution is -2.44. The van der Waals surface area contributed by atoms with Gasteiger partial charge in [-0.3, -0.25) is 9.59 Å². The van der Waals surface area contributed by atoms with Crippen molar-refractivity contribution in [2.75, 3.05) is 17.6 Å². The van der Waals surface area contributed by atoms with Crippen molar-refractivity contribution in [2.45, 2.75) is 31.0 Å². The lowest BCUT2D eigenvalue weighted by molar-refractivity contribution is -0.134. The van der Waals surface area contributed by atoms with Gasteiger partial charge in [0.2, 0.25) is 11.8 Å². The highest BCUT2D eigenvalue weighted by Crippen LogP contribution is 2.29.